The van der Waals surface area contributed by atoms with Crippen molar-refractivity contribution in [3.63, 3.8) is 0 Å². The molecule has 19 heavy (non-hydrogen) atoms. The lowest BCUT2D eigenvalue weighted by Crippen LogP contribution is -2.07. The van der Waals surface area contributed by atoms with E-state index >= 15 is 0 Å². The summed E-state index contributed by atoms with van der Waals surface area (Å²) in [6, 6.07) is 7.56. The molecular weight excluding hydrogens is 236 g/mol. The summed E-state index contributed by atoms with van der Waals surface area (Å²) >= 11 is 0. The predicted molar refractivity (Wildman–Crippen MR) is 79.9 cm³/mol. The Kier molecular flexibility index (Phi) is 7.24. The van der Waals surface area contributed by atoms with Crippen molar-refractivity contribution in [2.45, 2.75) is 52.9 Å². The van der Waals surface area contributed by atoms with Crippen LogP contribution in [0.3, 0.4) is 0 Å². The van der Waals surface area contributed by atoms with E-state index in [-0.39, 0.29) is 5.78 Å². The molecule has 0 N–H and O–H groups in total. The van der Waals surface area contributed by atoms with E-state index in [2.05, 4.69) is 20.8 Å². The van der Waals surface area contributed by atoms with Gasteiger partial charge in [-0.2, -0.15) is 0 Å². The van der Waals surface area contributed by atoms with E-state index in [1.54, 1.807) is 0 Å². The highest BCUT2D eigenvalue weighted by molar-refractivity contribution is 5.96. The normalized spacial score (nSPS) is 10.7. The van der Waals surface area contributed by atoms with Gasteiger partial charge >= 0.3 is 0 Å². The monoisotopic (exact) mass is 262 g/mol. The second kappa shape index (κ2) is 8.73. The van der Waals surface area contributed by atoms with E-state index in [0.717, 1.165) is 43.6 Å². The quantitative estimate of drug-likeness (QED) is 0.468. The van der Waals surface area contributed by atoms with Crippen LogP contribution in [0.25, 0.3) is 0 Å². The first-order chi connectivity index (χ1) is 9.21. The van der Waals surface area contributed by atoms with Gasteiger partial charge in [-0.05, 0) is 36.6 Å². The molecular formula is C17H26O2. The zero-order valence-electron chi connectivity index (χ0n) is 12.4. The van der Waals surface area contributed by atoms with Crippen LogP contribution in [0, 0.1) is 5.92 Å². The van der Waals surface area contributed by atoms with E-state index in [1.165, 1.54) is 0 Å². The van der Waals surface area contributed by atoms with Crippen LogP contribution in [0.15, 0.2) is 24.3 Å². The number of Topliss-reactive ketones (excluding diaryl/α,β-unsaturated/α-hetero) is 1. The average molecular weight is 262 g/mol. The molecule has 0 heterocycles. The van der Waals surface area contributed by atoms with Gasteiger partial charge in [-0.15, -0.1) is 0 Å². The van der Waals surface area contributed by atoms with Crippen LogP contribution < -0.4 is 4.74 Å². The van der Waals surface area contributed by atoms with Gasteiger partial charge in [-0.1, -0.05) is 40.0 Å². The van der Waals surface area contributed by atoms with Crippen molar-refractivity contribution in [2.75, 3.05) is 6.61 Å². The van der Waals surface area contributed by atoms with Crippen LogP contribution in [0.2, 0.25) is 0 Å². The highest BCUT2D eigenvalue weighted by Crippen LogP contribution is 2.18. The Morgan fingerprint density at radius 2 is 1.74 bits per heavy atom. The van der Waals surface area contributed by atoms with Gasteiger partial charge in [0, 0.05) is 12.0 Å². The summed E-state index contributed by atoms with van der Waals surface area (Å²) in [6.45, 7) is 7.18. The molecule has 0 saturated carbocycles. The average Bonchev–Trinajstić information content (AvgIpc) is 2.45. The van der Waals surface area contributed by atoms with E-state index in [1.807, 2.05) is 24.3 Å². The van der Waals surface area contributed by atoms with Crippen LogP contribution in [-0.4, -0.2) is 12.4 Å². The van der Waals surface area contributed by atoms with Gasteiger partial charge in [-0.3, -0.25) is 4.79 Å². The molecule has 0 aliphatic carbocycles. The van der Waals surface area contributed by atoms with Gasteiger partial charge in [0.2, 0.25) is 0 Å². The Morgan fingerprint density at radius 1 is 1.11 bits per heavy atom. The van der Waals surface area contributed by atoms with Crippen molar-refractivity contribution in [2.24, 2.45) is 5.92 Å². The Labute approximate surface area is 117 Å². The third-order valence-electron chi connectivity index (χ3n) is 3.57. The minimum absolute atomic E-state index is 0.244. The smallest absolute Gasteiger partial charge is 0.163 e. The van der Waals surface area contributed by atoms with Crippen molar-refractivity contribution in [1.82, 2.24) is 0 Å². The highest BCUT2D eigenvalue weighted by Gasteiger charge is 2.12. The van der Waals surface area contributed by atoms with Crippen LogP contribution in [0.5, 0.6) is 5.75 Å². The molecule has 0 bridgehead atoms. The SMILES string of the molecule is CCCCOc1ccc(C(=O)CC(CC)CC)cc1. The first-order valence-corrected chi connectivity index (χ1v) is 7.47. The van der Waals surface area contributed by atoms with Crippen molar-refractivity contribution in [3.8, 4) is 5.75 Å². The summed E-state index contributed by atoms with van der Waals surface area (Å²) < 4.78 is 5.59. The number of carbonyl (C=O) groups excluding carboxylic acids is 1. The third-order valence-corrected chi connectivity index (χ3v) is 3.57. The summed E-state index contributed by atoms with van der Waals surface area (Å²) in [5.74, 6) is 1.61. The van der Waals surface area contributed by atoms with E-state index < -0.39 is 0 Å². The summed E-state index contributed by atoms with van der Waals surface area (Å²) in [6.07, 6.45) is 4.99. The Hall–Kier alpha value is -1.31. The topological polar surface area (TPSA) is 26.3 Å². The Bertz CT molecular complexity index is 363. The fourth-order valence-electron chi connectivity index (χ4n) is 2.03. The molecule has 0 unspecified atom stereocenters. The van der Waals surface area contributed by atoms with E-state index in [9.17, 15) is 4.79 Å². The predicted octanol–water partition coefficient (Wildman–Crippen LogP) is 4.87. The van der Waals surface area contributed by atoms with Crippen LogP contribution >= 0.6 is 0 Å². The van der Waals surface area contributed by atoms with Crippen LogP contribution in [-0.2, 0) is 0 Å². The van der Waals surface area contributed by atoms with Crippen molar-refractivity contribution in [3.05, 3.63) is 29.8 Å². The molecule has 0 amide bonds. The molecule has 0 atom stereocenters. The lowest BCUT2D eigenvalue weighted by molar-refractivity contribution is 0.0958. The molecule has 0 aliphatic rings. The Balaban J connectivity index is 2.52. The minimum Gasteiger partial charge on any atom is -0.494 e. The van der Waals surface area contributed by atoms with Gasteiger partial charge in [0.05, 0.1) is 6.61 Å². The number of hydrogen-bond acceptors (Lipinski definition) is 2. The van der Waals surface area contributed by atoms with Crippen molar-refractivity contribution in [1.29, 1.82) is 0 Å². The second-order valence-electron chi connectivity index (χ2n) is 5.04. The second-order valence-corrected chi connectivity index (χ2v) is 5.04. The van der Waals surface area contributed by atoms with Crippen LogP contribution in [0.4, 0.5) is 0 Å². The van der Waals surface area contributed by atoms with Gasteiger partial charge in [0.25, 0.3) is 0 Å². The lowest BCUT2D eigenvalue weighted by atomic mass is 9.94. The zero-order chi connectivity index (χ0) is 14.1. The highest BCUT2D eigenvalue weighted by atomic mass is 16.5. The maximum absolute atomic E-state index is 12.1. The minimum atomic E-state index is 0.244. The molecule has 1 rings (SSSR count). The van der Waals surface area contributed by atoms with E-state index in [4.69, 9.17) is 4.74 Å². The molecule has 0 radical (unpaired) electrons. The molecule has 0 aliphatic heterocycles. The lowest BCUT2D eigenvalue weighted by Gasteiger charge is -2.11. The first kappa shape index (κ1) is 15.7. The van der Waals surface area contributed by atoms with Gasteiger partial charge in [0.1, 0.15) is 5.75 Å². The maximum Gasteiger partial charge on any atom is 0.163 e. The van der Waals surface area contributed by atoms with Crippen LogP contribution in [0.1, 0.15) is 63.2 Å². The first-order valence-electron chi connectivity index (χ1n) is 7.47. The molecule has 1 aromatic rings. The molecule has 0 spiro atoms. The largest absolute Gasteiger partial charge is 0.494 e. The number of ether oxygens (including phenoxy) is 1. The molecule has 0 saturated heterocycles. The fraction of sp³-hybridized carbons (Fsp3) is 0.588. The molecule has 2 nitrogen and oxygen atoms in total. The molecule has 106 valence electrons. The number of benzene rings is 1. The number of hydrogen-bond donors (Lipinski definition) is 0. The molecule has 1 aromatic carbocycles. The van der Waals surface area contributed by atoms with Crippen molar-refractivity contribution < 1.29 is 9.53 Å². The summed E-state index contributed by atoms with van der Waals surface area (Å²) in [5.41, 5.74) is 0.801. The number of rotatable bonds is 9. The maximum atomic E-state index is 12.1. The molecule has 0 aromatic heterocycles. The molecule has 0 fully saturated rings. The van der Waals surface area contributed by atoms with Gasteiger partial charge in [-0.25, -0.2) is 0 Å². The van der Waals surface area contributed by atoms with Crippen molar-refractivity contribution >= 4 is 5.78 Å². The molecule has 2 heteroatoms. The zero-order valence-corrected chi connectivity index (χ0v) is 12.4. The number of carbonyl (C=O) groups is 1. The Morgan fingerprint density at radius 3 is 2.26 bits per heavy atom. The summed E-state index contributed by atoms with van der Waals surface area (Å²) in [5, 5.41) is 0. The summed E-state index contributed by atoms with van der Waals surface area (Å²) in [7, 11) is 0. The summed E-state index contributed by atoms with van der Waals surface area (Å²) in [4.78, 5) is 12.1. The number of unbranched alkanes of at least 4 members (excludes halogenated alkanes) is 1. The van der Waals surface area contributed by atoms with Gasteiger partial charge < -0.3 is 4.74 Å². The van der Waals surface area contributed by atoms with E-state index in [0.29, 0.717) is 12.3 Å². The van der Waals surface area contributed by atoms with Gasteiger partial charge in [0.15, 0.2) is 5.78 Å². The third kappa shape index (κ3) is 5.46. The standard InChI is InChI=1S/C17H26O2/c1-4-7-12-19-16-10-8-15(9-11-16)17(18)13-14(5-2)6-3/h8-11,14H,4-7,12-13H2,1-3H3. The number of ketones is 1. The fourth-order valence-corrected chi connectivity index (χ4v) is 2.03.